The topological polar surface area (TPSA) is 49.3 Å². The highest BCUT2D eigenvalue weighted by Crippen LogP contribution is 2.50. The summed E-state index contributed by atoms with van der Waals surface area (Å²) in [5, 5.41) is 13.1. The number of rotatable bonds is 4. The van der Waals surface area contributed by atoms with Gasteiger partial charge >= 0.3 is 0 Å². The zero-order chi connectivity index (χ0) is 21.6. The number of nitrogens with one attached hydrogen (secondary N) is 1. The average Bonchev–Trinajstić information content (AvgIpc) is 3.04. The number of benzene rings is 2. The second-order valence-electron chi connectivity index (χ2n) is 7.86. The molecule has 2 aromatic rings. The van der Waals surface area contributed by atoms with Crippen LogP contribution < -0.4 is 5.32 Å². The summed E-state index contributed by atoms with van der Waals surface area (Å²) in [4.78, 5) is 12.7. The van der Waals surface area contributed by atoms with Crippen LogP contribution in [-0.4, -0.2) is 11.0 Å². The molecule has 4 rings (SSSR count). The van der Waals surface area contributed by atoms with Crippen molar-refractivity contribution < 1.29 is 14.3 Å². The molecule has 0 fully saturated rings. The van der Waals surface area contributed by atoms with Crippen molar-refractivity contribution in [1.29, 1.82) is 0 Å². The number of amides is 1. The molecule has 1 heterocycles. The molecule has 2 atom stereocenters. The van der Waals surface area contributed by atoms with Crippen LogP contribution >= 0.6 is 0 Å². The first-order valence-corrected chi connectivity index (χ1v) is 9.95. The Labute approximate surface area is 175 Å². The number of phenols is 1. The maximum atomic E-state index is 14.1. The summed E-state index contributed by atoms with van der Waals surface area (Å²) in [7, 11) is 0. The fourth-order valence-electron chi connectivity index (χ4n) is 4.48. The lowest BCUT2D eigenvalue weighted by Crippen LogP contribution is -2.25. The van der Waals surface area contributed by atoms with Crippen molar-refractivity contribution in [1.82, 2.24) is 5.32 Å². The Hall–Kier alpha value is -3.40. The number of carbonyl (C=O) groups excluding carboxylic acids is 1. The first-order valence-electron chi connectivity index (χ1n) is 9.95. The van der Waals surface area contributed by atoms with Gasteiger partial charge in [-0.1, -0.05) is 30.4 Å². The quantitative estimate of drug-likeness (QED) is 0.622. The highest BCUT2D eigenvalue weighted by atomic mass is 19.1. The van der Waals surface area contributed by atoms with E-state index in [9.17, 15) is 14.3 Å². The van der Waals surface area contributed by atoms with Gasteiger partial charge in [0.15, 0.2) is 0 Å². The van der Waals surface area contributed by atoms with Gasteiger partial charge in [0.05, 0.1) is 6.04 Å². The summed E-state index contributed by atoms with van der Waals surface area (Å²) in [6.45, 7) is 12.3. The molecule has 1 aliphatic heterocycles. The molecule has 2 unspecified atom stereocenters. The molecular formula is C26H24FNO2. The molecule has 3 nitrogen and oxygen atoms in total. The van der Waals surface area contributed by atoms with E-state index < -0.39 is 6.04 Å². The number of hydrogen-bond acceptors (Lipinski definition) is 2. The van der Waals surface area contributed by atoms with Gasteiger partial charge in [-0.3, -0.25) is 4.79 Å². The van der Waals surface area contributed by atoms with Crippen LogP contribution in [0.5, 0.6) is 5.75 Å². The molecule has 0 aromatic heterocycles. The molecule has 1 amide bonds. The molecule has 2 N–H and O–H groups in total. The Balaban J connectivity index is 2.03. The SMILES string of the molecule is C=CC1C(=C)c2cc(F)ccc2C(C2NC(=O)c3ccc(O)cc32)=C1C/C(C)=C\C. The Kier molecular flexibility index (Phi) is 4.94. The smallest absolute Gasteiger partial charge is 0.252 e. The van der Waals surface area contributed by atoms with Crippen LogP contribution in [0, 0.1) is 11.7 Å². The molecule has 0 saturated carbocycles. The summed E-state index contributed by atoms with van der Waals surface area (Å²) in [5.74, 6) is -0.601. The molecule has 0 radical (unpaired) electrons. The zero-order valence-corrected chi connectivity index (χ0v) is 17.1. The summed E-state index contributed by atoms with van der Waals surface area (Å²) >= 11 is 0. The second kappa shape index (κ2) is 7.45. The van der Waals surface area contributed by atoms with E-state index in [4.69, 9.17) is 0 Å². The number of fused-ring (bicyclic) bond motifs is 2. The number of aromatic hydroxyl groups is 1. The van der Waals surface area contributed by atoms with Crippen molar-refractivity contribution in [2.45, 2.75) is 26.3 Å². The normalized spacial score (nSPS) is 20.7. The van der Waals surface area contributed by atoms with Gasteiger partial charge in [0.1, 0.15) is 11.6 Å². The van der Waals surface area contributed by atoms with E-state index in [0.717, 1.165) is 33.4 Å². The summed E-state index contributed by atoms with van der Waals surface area (Å²) < 4.78 is 14.1. The summed E-state index contributed by atoms with van der Waals surface area (Å²) in [6.07, 6.45) is 4.56. The van der Waals surface area contributed by atoms with Crippen LogP contribution in [0.25, 0.3) is 11.1 Å². The van der Waals surface area contributed by atoms with Gasteiger partial charge in [0.25, 0.3) is 5.91 Å². The number of allylic oxidation sites excluding steroid dienone is 5. The van der Waals surface area contributed by atoms with Gasteiger partial charge in [0, 0.05) is 11.5 Å². The van der Waals surface area contributed by atoms with Crippen LogP contribution in [-0.2, 0) is 0 Å². The van der Waals surface area contributed by atoms with Crippen LogP contribution in [0.2, 0.25) is 0 Å². The number of hydrogen-bond donors (Lipinski definition) is 2. The summed E-state index contributed by atoms with van der Waals surface area (Å²) in [6, 6.07) is 9.00. The minimum absolute atomic E-state index is 0.0989. The van der Waals surface area contributed by atoms with E-state index in [1.54, 1.807) is 18.2 Å². The van der Waals surface area contributed by atoms with Crippen LogP contribution in [0.3, 0.4) is 0 Å². The van der Waals surface area contributed by atoms with E-state index in [-0.39, 0.29) is 23.4 Å². The third-order valence-electron chi connectivity index (χ3n) is 6.07. The molecule has 2 aliphatic rings. The minimum Gasteiger partial charge on any atom is -0.508 e. The lowest BCUT2D eigenvalue weighted by atomic mass is 9.71. The van der Waals surface area contributed by atoms with Crippen molar-refractivity contribution in [2.75, 3.05) is 0 Å². The average molecular weight is 401 g/mol. The second-order valence-corrected chi connectivity index (χ2v) is 7.86. The van der Waals surface area contributed by atoms with Crippen molar-refractivity contribution in [3.8, 4) is 5.75 Å². The molecule has 0 bridgehead atoms. The molecule has 4 heteroatoms. The van der Waals surface area contributed by atoms with E-state index in [2.05, 4.69) is 31.5 Å². The minimum atomic E-state index is -0.445. The Morgan fingerprint density at radius 3 is 2.63 bits per heavy atom. The third-order valence-corrected chi connectivity index (χ3v) is 6.07. The molecular weight excluding hydrogens is 377 g/mol. The molecule has 0 spiro atoms. The Morgan fingerprint density at radius 2 is 1.93 bits per heavy atom. The highest BCUT2D eigenvalue weighted by Gasteiger charge is 2.38. The molecule has 2 aromatic carbocycles. The van der Waals surface area contributed by atoms with E-state index >= 15 is 0 Å². The number of phenolic OH excluding ortho intramolecular Hbond substituents is 1. The highest BCUT2D eigenvalue weighted by molar-refractivity contribution is 6.03. The monoisotopic (exact) mass is 401 g/mol. The largest absolute Gasteiger partial charge is 0.508 e. The lowest BCUT2D eigenvalue weighted by molar-refractivity contribution is 0.0962. The fourth-order valence-corrected chi connectivity index (χ4v) is 4.48. The van der Waals surface area contributed by atoms with Gasteiger partial charge < -0.3 is 10.4 Å². The molecule has 1 aliphatic carbocycles. The van der Waals surface area contributed by atoms with Crippen molar-refractivity contribution >= 4 is 17.1 Å². The maximum absolute atomic E-state index is 14.1. The zero-order valence-electron chi connectivity index (χ0n) is 17.1. The van der Waals surface area contributed by atoms with E-state index in [1.807, 2.05) is 13.0 Å². The Morgan fingerprint density at radius 1 is 1.20 bits per heavy atom. The van der Waals surface area contributed by atoms with Gasteiger partial charge in [-0.25, -0.2) is 4.39 Å². The number of halogens is 1. The van der Waals surface area contributed by atoms with Gasteiger partial charge in [-0.15, -0.1) is 6.58 Å². The third kappa shape index (κ3) is 3.09. The molecule has 0 saturated heterocycles. The van der Waals surface area contributed by atoms with Crippen molar-refractivity contribution in [3.05, 3.63) is 101 Å². The predicted molar refractivity (Wildman–Crippen MR) is 118 cm³/mol. The van der Waals surface area contributed by atoms with Gasteiger partial charge in [0.2, 0.25) is 0 Å². The number of carbonyl (C=O) groups is 1. The van der Waals surface area contributed by atoms with Crippen molar-refractivity contribution in [2.24, 2.45) is 5.92 Å². The first kappa shape index (κ1) is 19.9. The first-order chi connectivity index (χ1) is 14.3. The predicted octanol–water partition coefficient (Wildman–Crippen LogP) is 5.95. The van der Waals surface area contributed by atoms with Crippen LogP contribution in [0.1, 0.15) is 53.4 Å². The van der Waals surface area contributed by atoms with Crippen molar-refractivity contribution in [3.63, 3.8) is 0 Å². The molecule has 152 valence electrons. The Bertz CT molecular complexity index is 1160. The van der Waals surface area contributed by atoms with E-state index in [0.29, 0.717) is 12.0 Å². The lowest BCUT2D eigenvalue weighted by Gasteiger charge is -2.34. The molecule has 30 heavy (non-hydrogen) atoms. The maximum Gasteiger partial charge on any atom is 0.252 e. The fraction of sp³-hybridized carbons (Fsp3) is 0.192. The van der Waals surface area contributed by atoms with Crippen LogP contribution in [0.15, 0.2) is 72.9 Å². The van der Waals surface area contributed by atoms with E-state index in [1.165, 1.54) is 23.8 Å². The standard InChI is InChI=1S/C26H24FNO2/c1-5-14(3)11-22-18(6-2)15(4)21-12-16(27)7-9-19(21)24(22)25-23-13-17(29)8-10-20(23)26(30)28-25/h5-10,12-13,18,25,29H,2,4,11H2,1,3H3,(H,28,30)/b14-5-. The van der Waals surface area contributed by atoms with Gasteiger partial charge in [-0.2, -0.15) is 0 Å². The van der Waals surface area contributed by atoms with Crippen LogP contribution in [0.4, 0.5) is 4.39 Å². The summed E-state index contributed by atoms with van der Waals surface area (Å²) in [5.41, 5.74) is 6.79. The van der Waals surface area contributed by atoms with Gasteiger partial charge in [-0.05, 0) is 84.0 Å².